The molecule has 1 heterocycles. The Hall–Kier alpha value is -1.30. The van der Waals surface area contributed by atoms with Crippen LogP contribution in [0.25, 0.3) is 11.1 Å². The largest absolute Gasteiger partial charge is 0.441 e. The number of oxazole rings is 1. The van der Waals surface area contributed by atoms with Crippen LogP contribution in [0.4, 0.5) is 5.69 Å². The van der Waals surface area contributed by atoms with Crippen LogP contribution in [-0.2, 0) is 4.79 Å². The molecule has 1 aromatic carbocycles. The fourth-order valence-corrected chi connectivity index (χ4v) is 1.49. The molecule has 0 aliphatic heterocycles. The smallest absolute Gasteiger partial charge is 0.228 e. The number of aryl methyl sites for hydroxylation is 1. The lowest BCUT2D eigenvalue weighted by Gasteiger charge is -2.09. The number of nitrogens with two attached hydrogens (primary N) is 1. The Morgan fingerprint density at radius 2 is 2.16 bits per heavy atom. The number of rotatable bonds is 3. The second kappa shape index (κ2) is 7.33. The van der Waals surface area contributed by atoms with Crippen molar-refractivity contribution in [3.8, 4) is 0 Å². The molecule has 0 radical (unpaired) electrons. The van der Waals surface area contributed by atoms with Gasteiger partial charge in [0.1, 0.15) is 5.52 Å². The first-order chi connectivity index (χ1) is 8.10. The average Bonchev–Trinajstić information content (AvgIpc) is 2.67. The Labute approximate surface area is 123 Å². The molecular formula is C12H17Cl2N3O2. The van der Waals surface area contributed by atoms with Crippen LogP contribution in [-0.4, -0.2) is 17.4 Å². The number of halogens is 2. The van der Waals surface area contributed by atoms with Gasteiger partial charge in [0, 0.05) is 31.1 Å². The van der Waals surface area contributed by atoms with Crippen molar-refractivity contribution in [3.63, 3.8) is 0 Å². The number of amides is 1. The lowest BCUT2D eigenvalue weighted by molar-refractivity contribution is -0.119. The molecule has 106 valence electrons. The number of carbonyl (C=O) groups is 1. The Kier molecular flexibility index (Phi) is 6.83. The second-order valence-electron chi connectivity index (χ2n) is 4.04. The van der Waals surface area contributed by atoms with E-state index in [2.05, 4.69) is 10.3 Å². The van der Waals surface area contributed by atoms with Gasteiger partial charge in [-0.15, -0.1) is 24.8 Å². The average molecular weight is 306 g/mol. The summed E-state index contributed by atoms with van der Waals surface area (Å²) in [7, 11) is 0. The number of anilines is 1. The number of fused-ring (bicyclic) bond motifs is 1. The molecule has 0 aliphatic carbocycles. The third kappa shape index (κ3) is 4.09. The zero-order valence-corrected chi connectivity index (χ0v) is 12.3. The molecule has 0 bridgehead atoms. The van der Waals surface area contributed by atoms with E-state index >= 15 is 0 Å². The minimum absolute atomic E-state index is 0. The summed E-state index contributed by atoms with van der Waals surface area (Å²) in [6, 6.07) is 5.37. The minimum Gasteiger partial charge on any atom is -0.441 e. The highest BCUT2D eigenvalue weighted by Gasteiger charge is 2.11. The summed E-state index contributed by atoms with van der Waals surface area (Å²) in [5.41, 5.74) is 7.58. The van der Waals surface area contributed by atoms with Crippen LogP contribution in [0.15, 0.2) is 22.6 Å². The number of nitrogens with zero attached hydrogens (tertiary/aromatic N) is 1. The van der Waals surface area contributed by atoms with Gasteiger partial charge in [-0.1, -0.05) is 6.92 Å². The third-order valence-electron chi connectivity index (χ3n) is 2.56. The first-order valence-electron chi connectivity index (χ1n) is 5.48. The van der Waals surface area contributed by atoms with Crippen LogP contribution in [0.5, 0.6) is 0 Å². The van der Waals surface area contributed by atoms with E-state index in [1.807, 2.05) is 6.07 Å². The number of carbonyl (C=O) groups excluding carboxylic acids is 1. The molecule has 19 heavy (non-hydrogen) atoms. The quantitative estimate of drug-likeness (QED) is 0.913. The van der Waals surface area contributed by atoms with Crippen molar-refractivity contribution in [2.24, 2.45) is 11.7 Å². The van der Waals surface area contributed by atoms with Crippen molar-refractivity contribution in [1.82, 2.24) is 4.98 Å². The summed E-state index contributed by atoms with van der Waals surface area (Å²) in [6.45, 7) is 3.90. The number of aromatic nitrogens is 1. The van der Waals surface area contributed by atoms with Gasteiger partial charge < -0.3 is 15.5 Å². The maximum Gasteiger partial charge on any atom is 0.228 e. The Bertz CT molecular complexity index is 557. The minimum atomic E-state index is -0.206. The monoisotopic (exact) mass is 305 g/mol. The van der Waals surface area contributed by atoms with E-state index in [-0.39, 0.29) is 36.6 Å². The van der Waals surface area contributed by atoms with Crippen LogP contribution in [0.2, 0.25) is 0 Å². The van der Waals surface area contributed by atoms with Gasteiger partial charge in [0.25, 0.3) is 0 Å². The van der Waals surface area contributed by atoms with Crippen LogP contribution in [0.1, 0.15) is 12.8 Å². The fourth-order valence-electron chi connectivity index (χ4n) is 1.49. The van der Waals surface area contributed by atoms with Crippen molar-refractivity contribution in [2.75, 3.05) is 11.9 Å². The van der Waals surface area contributed by atoms with E-state index in [1.165, 1.54) is 0 Å². The number of benzene rings is 1. The highest BCUT2D eigenvalue weighted by Crippen LogP contribution is 2.20. The lowest BCUT2D eigenvalue weighted by Crippen LogP contribution is -2.26. The Morgan fingerprint density at radius 1 is 1.47 bits per heavy atom. The molecule has 5 nitrogen and oxygen atoms in total. The number of hydrogen-bond acceptors (Lipinski definition) is 4. The molecule has 1 unspecified atom stereocenters. The van der Waals surface area contributed by atoms with E-state index < -0.39 is 0 Å². The first-order valence-corrected chi connectivity index (χ1v) is 5.48. The molecule has 2 aromatic rings. The zero-order valence-electron chi connectivity index (χ0n) is 10.7. The summed E-state index contributed by atoms with van der Waals surface area (Å²) < 4.78 is 5.39. The molecule has 3 N–H and O–H groups in total. The standard InChI is InChI=1S/C12H15N3O2.2ClH/c1-7(6-13)12(16)15-9-3-4-10-11(5-9)17-8(2)14-10;;/h3-5,7H,6,13H2,1-2H3,(H,15,16);2*1H. The summed E-state index contributed by atoms with van der Waals surface area (Å²) >= 11 is 0. The van der Waals surface area contributed by atoms with Gasteiger partial charge in [0.2, 0.25) is 5.91 Å². The van der Waals surface area contributed by atoms with Crippen molar-refractivity contribution < 1.29 is 9.21 Å². The van der Waals surface area contributed by atoms with E-state index in [0.29, 0.717) is 23.7 Å². The second-order valence-corrected chi connectivity index (χ2v) is 4.04. The van der Waals surface area contributed by atoms with Gasteiger partial charge >= 0.3 is 0 Å². The molecular weight excluding hydrogens is 289 g/mol. The van der Waals surface area contributed by atoms with Gasteiger partial charge in [-0.3, -0.25) is 4.79 Å². The van der Waals surface area contributed by atoms with Crippen LogP contribution < -0.4 is 11.1 Å². The zero-order chi connectivity index (χ0) is 12.4. The van der Waals surface area contributed by atoms with Crippen molar-refractivity contribution in [2.45, 2.75) is 13.8 Å². The van der Waals surface area contributed by atoms with Crippen molar-refractivity contribution in [3.05, 3.63) is 24.1 Å². The van der Waals surface area contributed by atoms with E-state index in [1.54, 1.807) is 26.0 Å². The summed E-state index contributed by atoms with van der Waals surface area (Å²) in [5.74, 6) is 0.309. The summed E-state index contributed by atoms with van der Waals surface area (Å²) in [6.07, 6.45) is 0. The van der Waals surface area contributed by atoms with Gasteiger partial charge in [-0.05, 0) is 12.1 Å². The number of nitrogens with one attached hydrogen (secondary N) is 1. The highest BCUT2D eigenvalue weighted by atomic mass is 35.5. The van der Waals surface area contributed by atoms with Crippen molar-refractivity contribution >= 4 is 47.5 Å². The maximum absolute atomic E-state index is 11.6. The summed E-state index contributed by atoms with van der Waals surface area (Å²) in [4.78, 5) is 15.8. The van der Waals surface area contributed by atoms with E-state index in [9.17, 15) is 4.79 Å². The van der Waals surface area contributed by atoms with Crippen LogP contribution in [0, 0.1) is 12.8 Å². The molecule has 7 heteroatoms. The lowest BCUT2D eigenvalue weighted by atomic mass is 10.1. The molecule has 0 fully saturated rings. The van der Waals surface area contributed by atoms with E-state index in [0.717, 1.165) is 5.52 Å². The van der Waals surface area contributed by atoms with Gasteiger partial charge in [-0.2, -0.15) is 0 Å². The molecule has 1 amide bonds. The van der Waals surface area contributed by atoms with E-state index in [4.69, 9.17) is 10.2 Å². The van der Waals surface area contributed by atoms with Gasteiger partial charge in [-0.25, -0.2) is 4.98 Å². The third-order valence-corrected chi connectivity index (χ3v) is 2.56. The molecule has 1 atom stereocenters. The van der Waals surface area contributed by atoms with Crippen LogP contribution in [0.3, 0.4) is 0 Å². The molecule has 1 aromatic heterocycles. The fraction of sp³-hybridized carbons (Fsp3) is 0.333. The maximum atomic E-state index is 11.6. The van der Waals surface area contributed by atoms with Gasteiger partial charge in [0.15, 0.2) is 11.5 Å². The SMILES string of the molecule is Cc1nc2ccc(NC(=O)C(C)CN)cc2o1.Cl.Cl. The van der Waals surface area contributed by atoms with Crippen molar-refractivity contribution in [1.29, 1.82) is 0 Å². The molecule has 2 rings (SSSR count). The van der Waals surface area contributed by atoms with Crippen LogP contribution >= 0.6 is 24.8 Å². The predicted molar refractivity (Wildman–Crippen MR) is 80.1 cm³/mol. The normalized spacial score (nSPS) is 11.3. The Balaban J connectivity index is 0.00000162. The molecule has 0 aliphatic rings. The first kappa shape index (κ1) is 17.7. The molecule has 0 saturated heterocycles. The summed E-state index contributed by atoms with van der Waals surface area (Å²) in [5, 5.41) is 2.79. The topological polar surface area (TPSA) is 81.2 Å². The number of hydrogen-bond donors (Lipinski definition) is 2. The molecule has 0 saturated carbocycles. The Morgan fingerprint density at radius 3 is 2.79 bits per heavy atom. The predicted octanol–water partition coefficient (Wildman–Crippen LogP) is 2.51. The highest BCUT2D eigenvalue weighted by molar-refractivity contribution is 5.94. The van der Waals surface area contributed by atoms with Gasteiger partial charge in [0.05, 0.1) is 0 Å². The molecule has 0 spiro atoms.